The van der Waals surface area contributed by atoms with E-state index in [4.69, 9.17) is 24.4 Å². The van der Waals surface area contributed by atoms with Gasteiger partial charge in [-0.2, -0.15) is 0 Å². The van der Waals surface area contributed by atoms with Gasteiger partial charge in [0.1, 0.15) is 11.5 Å². The molecule has 0 spiro atoms. The van der Waals surface area contributed by atoms with E-state index < -0.39 is 15.6 Å². The number of fused-ring (bicyclic) bond motifs is 3. The van der Waals surface area contributed by atoms with Crippen LogP contribution in [0.4, 0.5) is 50.4 Å². The molecule has 0 aliphatic heterocycles. The molecule has 6 aromatic heterocycles. The fourth-order valence-corrected chi connectivity index (χ4v) is 8.41. The summed E-state index contributed by atoms with van der Waals surface area (Å²) in [4.78, 5) is 27.6. The standard InChI is InChI=1S/C28H21N3O.C28H24N2O.C5H5N.2F6P.Ru/c1-32-24-13-11-20(12-14-24)21-7-6-8-22(17-21)23-18-27(25-9-2-4-15-29-25)31-28(19-23)26-10-3-5-16-30-26;1-17-13-18(2)26(19(3)14-17)25-12-9-21-5-6-22-15-23(16-29-27(22)28(21)30-25)20-7-10-24(31-4)11-8-20;1-2-4-6-5-3-1;2*1-7(2,3,4,5)6;/h2-19H,1H3;5-16H,1-4H3;1-5H;;;/q;;;2*-1;+2. The van der Waals surface area contributed by atoms with Gasteiger partial charge >= 0.3 is 85.5 Å². The predicted molar refractivity (Wildman–Crippen MR) is 308 cm³/mol. The van der Waals surface area contributed by atoms with Crippen LogP contribution >= 0.6 is 15.6 Å². The molecule has 0 saturated carbocycles. The molecule has 0 N–H and O–H groups in total. The Labute approximate surface area is 487 Å². The molecule has 0 unspecified atom stereocenters. The summed E-state index contributed by atoms with van der Waals surface area (Å²) in [5.74, 6) is 1.70. The van der Waals surface area contributed by atoms with Gasteiger partial charge in [0.2, 0.25) is 0 Å². The molecule has 11 aromatic rings. The first-order valence-electron chi connectivity index (χ1n) is 24.7. The minimum atomic E-state index is -10.7. The van der Waals surface area contributed by atoms with Crippen LogP contribution in [0.2, 0.25) is 0 Å². The van der Waals surface area contributed by atoms with Gasteiger partial charge in [0.15, 0.2) is 0 Å². The van der Waals surface area contributed by atoms with Crippen LogP contribution in [0.3, 0.4) is 0 Å². The summed E-state index contributed by atoms with van der Waals surface area (Å²) in [6, 6.07) is 61.4. The first-order chi connectivity index (χ1) is 38.7. The van der Waals surface area contributed by atoms with Gasteiger partial charge < -0.3 is 9.47 Å². The van der Waals surface area contributed by atoms with E-state index in [0.717, 1.165) is 95.2 Å². The summed E-state index contributed by atoms with van der Waals surface area (Å²) in [7, 11) is -18.0. The van der Waals surface area contributed by atoms with Crippen molar-refractivity contribution in [1.29, 1.82) is 0 Å². The van der Waals surface area contributed by atoms with Gasteiger partial charge in [-0.3, -0.25) is 19.9 Å². The minimum absolute atomic E-state index is 0. The van der Waals surface area contributed by atoms with Crippen LogP contribution in [-0.2, 0) is 19.5 Å². The Bertz CT molecular complexity index is 3860. The van der Waals surface area contributed by atoms with Gasteiger partial charge in [-0.25, -0.2) is 9.97 Å². The molecule has 438 valence electrons. The number of methoxy groups -OCH3 is 2. The largest absolute Gasteiger partial charge is 2.00 e. The molecule has 0 saturated heterocycles. The summed E-state index contributed by atoms with van der Waals surface area (Å²) in [5, 5.41) is 2.19. The van der Waals surface area contributed by atoms with E-state index >= 15 is 0 Å². The van der Waals surface area contributed by atoms with Crippen LogP contribution in [0.25, 0.3) is 89.2 Å². The zero-order valence-electron chi connectivity index (χ0n) is 45.0. The van der Waals surface area contributed by atoms with Crippen LogP contribution in [0.5, 0.6) is 11.5 Å². The first-order valence-corrected chi connectivity index (χ1v) is 28.8. The molecule has 0 amide bonds. The maximum absolute atomic E-state index is 10.7. The summed E-state index contributed by atoms with van der Waals surface area (Å²) >= 11 is 0. The molecule has 0 radical (unpaired) electrons. The third-order valence-electron chi connectivity index (χ3n) is 11.7. The van der Waals surface area contributed by atoms with Crippen molar-refractivity contribution in [2.24, 2.45) is 0 Å². The number of halogens is 12. The molecule has 11 rings (SSSR count). The molecule has 6 heterocycles. The molecular weight excluding hydrogens is 1240 g/mol. The zero-order chi connectivity index (χ0) is 60.3. The molecule has 0 aliphatic rings. The number of pyridine rings is 6. The second-order valence-corrected chi connectivity index (χ2v) is 22.3. The Morgan fingerprint density at radius 3 is 1.24 bits per heavy atom. The van der Waals surface area contributed by atoms with Gasteiger partial charge in [0, 0.05) is 52.9 Å². The number of aromatic nitrogens is 6. The first kappa shape index (κ1) is 64.9. The van der Waals surface area contributed by atoms with Gasteiger partial charge in [-0.1, -0.05) is 96.6 Å². The Kier molecular flexibility index (Phi) is 19.3. The maximum Gasteiger partial charge on any atom is 2.00 e. The van der Waals surface area contributed by atoms with Crippen LogP contribution in [0.1, 0.15) is 16.7 Å². The van der Waals surface area contributed by atoms with Crippen LogP contribution in [-0.4, -0.2) is 44.1 Å². The molecule has 8 nitrogen and oxygen atoms in total. The molecule has 0 atom stereocenters. The second kappa shape index (κ2) is 24.9. The molecular formula is C61H50F12N6O2P2Ru. The van der Waals surface area contributed by atoms with E-state index in [2.05, 4.69) is 139 Å². The number of benzene rings is 5. The Hall–Kier alpha value is -8.24. The number of rotatable bonds is 8. The van der Waals surface area contributed by atoms with Crippen molar-refractivity contribution in [3.05, 3.63) is 230 Å². The quantitative estimate of drug-likeness (QED) is 0.0643. The van der Waals surface area contributed by atoms with Gasteiger partial charge in [0.25, 0.3) is 0 Å². The van der Waals surface area contributed by atoms with Crippen molar-refractivity contribution < 1.29 is 79.3 Å². The molecule has 84 heavy (non-hydrogen) atoms. The number of hydrogen-bond acceptors (Lipinski definition) is 8. The van der Waals surface area contributed by atoms with Crippen molar-refractivity contribution in [1.82, 2.24) is 29.9 Å². The van der Waals surface area contributed by atoms with Crippen LogP contribution in [0.15, 0.2) is 213 Å². The zero-order valence-corrected chi connectivity index (χ0v) is 48.5. The molecule has 0 aliphatic carbocycles. The second-order valence-electron chi connectivity index (χ2n) is 18.4. The SMILES string of the molecule is COc1ccc(-c2cccc(-c3cc(-c4ccccn4)nc(-c4ccccn4)c3)c2)cc1.COc1ccc(-c2cnc3c(ccc4ccc(-c5c(C)cc(C)cc5C)nc43)c2)cc1.F[P-](F)(F)(F)(F)F.F[P-](F)(F)(F)(F)F.[Ru+2].c1ccncc1. The van der Waals surface area contributed by atoms with E-state index in [-0.39, 0.29) is 19.5 Å². The number of nitrogens with zero attached hydrogens (tertiary/aromatic N) is 6. The average Bonchev–Trinajstić information content (AvgIpc) is 3.58. The topological polar surface area (TPSA) is 95.8 Å². The summed E-state index contributed by atoms with van der Waals surface area (Å²) in [6.45, 7) is 6.45. The Morgan fingerprint density at radius 2 is 0.798 bits per heavy atom. The van der Waals surface area contributed by atoms with Crippen molar-refractivity contribution in [2.45, 2.75) is 20.8 Å². The number of ether oxygens (including phenoxy) is 2. The summed E-state index contributed by atoms with van der Waals surface area (Å²) in [6.07, 6.45) is 9.00. The third-order valence-corrected chi connectivity index (χ3v) is 11.7. The Morgan fingerprint density at radius 1 is 0.345 bits per heavy atom. The minimum Gasteiger partial charge on any atom is -0.265 e. The molecule has 5 aromatic carbocycles. The number of hydrogen-bond donors (Lipinski definition) is 0. The van der Waals surface area contributed by atoms with Crippen molar-refractivity contribution >= 4 is 37.4 Å². The predicted octanol–water partition coefficient (Wildman–Crippen LogP) is 21.4. The van der Waals surface area contributed by atoms with E-state index in [1.54, 1.807) is 39.0 Å². The number of aryl methyl sites for hydroxylation is 3. The smallest absolute Gasteiger partial charge is 0.265 e. The van der Waals surface area contributed by atoms with E-state index in [0.29, 0.717) is 0 Å². The molecule has 0 bridgehead atoms. The van der Waals surface area contributed by atoms with Crippen molar-refractivity contribution in [3.63, 3.8) is 0 Å². The fraction of sp³-hybridized carbons (Fsp3) is 0.0820. The van der Waals surface area contributed by atoms with E-state index in [1.165, 1.54) is 22.3 Å². The van der Waals surface area contributed by atoms with Crippen molar-refractivity contribution in [2.75, 3.05) is 14.2 Å². The van der Waals surface area contributed by atoms with E-state index in [1.807, 2.05) is 85.1 Å². The molecule has 0 fully saturated rings. The van der Waals surface area contributed by atoms with Crippen molar-refractivity contribution in [3.8, 4) is 78.9 Å². The summed E-state index contributed by atoms with van der Waals surface area (Å²) in [5.41, 5.74) is 17.8. The summed E-state index contributed by atoms with van der Waals surface area (Å²) < 4.78 is 129. The molecule has 23 heteroatoms. The van der Waals surface area contributed by atoms with Gasteiger partial charge in [-0.05, 0) is 151 Å². The maximum atomic E-state index is 9.87. The van der Waals surface area contributed by atoms with Crippen LogP contribution in [0, 0.1) is 20.8 Å². The Balaban J connectivity index is 0.000000202. The van der Waals surface area contributed by atoms with Crippen LogP contribution < -0.4 is 9.47 Å². The van der Waals surface area contributed by atoms with Gasteiger partial charge in [0.05, 0.1) is 53.7 Å². The third kappa shape index (κ3) is 21.5. The fourth-order valence-electron chi connectivity index (χ4n) is 8.41. The monoisotopic (exact) mass is 1290 g/mol. The average molecular weight is 1290 g/mol. The normalized spacial score (nSPS) is 12.6. The van der Waals surface area contributed by atoms with E-state index in [9.17, 15) is 50.4 Å². The van der Waals surface area contributed by atoms with Gasteiger partial charge in [-0.15, -0.1) is 0 Å².